The lowest BCUT2D eigenvalue weighted by molar-refractivity contribution is -0.139. The second kappa shape index (κ2) is 7.97. The molecule has 2 aliphatic rings. The summed E-state index contributed by atoms with van der Waals surface area (Å²) in [6, 6.07) is 4.70. The Kier molecular flexibility index (Phi) is 5.25. The van der Waals surface area contributed by atoms with Crippen LogP contribution in [0.2, 0.25) is 0 Å². The monoisotopic (exact) mass is 385 g/mol. The van der Waals surface area contributed by atoms with Crippen LogP contribution >= 0.6 is 0 Å². The zero-order chi connectivity index (χ0) is 19.5. The van der Waals surface area contributed by atoms with E-state index in [1.807, 2.05) is 6.07 Å². The van der Waals surface area contributed by atoms with Gasteiger partial charge in [-0.3, -0.25) is 19.3 Å². The van der Waals surface area contributed by atoms with Gasteiger partial charge >= 0.3 is 0 Å². The molecule has 0 saturated carbocycles. The van der Waals surface area contributed by atoms with Crippen LogP contribution in [0.3, 0.4) is 0 Å². The van der Waals surface area contributed by atoms with E-state index in [4.69, 9.17) is 9.47 Å². The van der Waals surface area contributed by atoms with Gasteiger partial charge in [-0.25, -0.2) is 0 Å². The maximum atomic E-state index is 13.2. The Morgan fingerprint density at radius 3 is 2.71 bits per heavy atom. The molecule has 2 aliphatic heterocycles. The van der Waals surface area contributed by atoms with Gasteiger partial charge in [-0.05, 0) is 18.2 Å². The van der Waals surface area contributed by atoms with Crippen molar-refractivity contribution in [2.75, 3.05) is 32.8 Å². The Morgan fingerprint density at radius 2 is 2.04 bits per heavy atom. The number of aryl methyl sites for hydroxylation is 1. The average Bonchev–Trinajstić information content (AvgIpc) is 3.35. The fourth-order valence-corrected chi connectivity index (χ4v) is 3.68. The summed E-state index contributed by atoms with van der Waals surface area (Å²) >= 11 is 0. The van der Waals surface area contributed by atoms with Gasteiger partial charge in [-0.15, -0.1) is 0 Å². The summed E-state index contributed by atoms with van der Waals surface area (Å²) in [7, 11) is 1.71. The van der Waals surface area contributed by atoms with Crippen molar-refractivity contribution in [2.24, 2.45) is 7.05 Å². The molecule has 2 aromatic rings. The maximum absolute atomic E-state index is 13.2. The SMILES string of the molecule is Cn1nccc1C(=O)N1C[C@@H](Oc2cccnc2)C[C@H]1C(=O)N1CCOCC1. The first-order valence-corrected chi connectivity index (χ1v) is 9.35. The second-order valence-corrected chi connectivity index (χ2v) is 6.92. The van der Waals surface area contributed by atoms with E-state index in [0.717, 1.165) is 0 Å². The number of amides is 2. The summed E-state index contributed by atoms with van der Waals surface area (Å²) in [5, 5.41) is 4.07. The van der Waals surface area contributed by atoms with Crippen LogP contribution in [-0.2, 0) is 16.6 Å². The van der Waals surface area contributed by atoms with Gasteiger partial charge in [-0.2, -0.15) is 5.10 Å². The van der Waals surface area contributed by atoms with Crippen LogP contribution in [0, 0.1) is 0 Å². The molecule has 2 fully saturated rings. The number of pyridine rings is 1. The molecule has 28 heavy (non-hydrogen) atoms. The topological polar surface area (TPSA) is 89.8 Å². The summed E-state index contributed by atoms with van der Waals surface area (Å²) < 4.78 is 12.9. The van der Waals surface area contributed by atoms with Crippen molar-refractivity contribution in [2.45, 2.75) is 18.6 Å². The molecule has 0 bridgehead atoms. The quantitative estimate of drug-likeness (QED) is 0.754. The van der Waals surface area contributed by atoms with Crippen LogP contribution in [0.25, 0.3) is 0 Å². The normalized spacial score (nSPS) is 22.3. The van der Waals surface area contributed by atoms with E-state index in [1.54, 1.807) is 47.6 Å². The number of nitrogens with zero attached hydrogens (tertiary/aromatic N) is 5. The molecule has 0 radical (unpaired) electrons. The van der Waals surface area contributed by atoms with E-state index in [9.17, 15) is 9.59 Å². The molecule has 0 aliphatic carbocycles. The molecular weight excluding hydrogens is 362 g/mol. The van der Waals surface area contributed by atoms with Crippen LogP contribution in [0.5, 0.6) is 5.75 Å². The van der Waals surface area contributed by atoms with Crippen molar-refractivity contribution in [3.63, 3.8) is 0 Å². The van der Waals surface area contributed by atoms with Gasteiger partial charge in [0.25, 0.3) is 5.91 Å². The van der Waals surface area contributed by atoms with Crippen molar-refractivity contribution in [3.05, 3.63) is 42.5 Å². The molecule has 2 atom stereocenters. The molecule has 4 heterocycles. The molecule has 9 nitrogen and oxygen atoms in total. The third kappa shape index (κ3) is 3.70. The Morgan fingerprint density at radius 1 is 1.21 bits per heavy atom. The minimum absolute atomic E-state index is 0.0592. The molecular formula is C19H23N5O4. The van der Waals surface area contributed by atoms with Crippen molar-refractivity contribution in [1.82, 2.24) is 24.6 Å². The van der Waals surface area contributed by atoms with Crippen LogP contribution in [0.4, 0.5) is 0 Å². The molecule has 0 spiro atoms. The fourth-order valence-electron chi connectivity index (χ4n) is 3.68. The second-order valence-electron chi connectivity index (χ2n) is 6.92. The minimum atomic E-state index is -0.567. The first kappa shape index (κ1) is 18.4. The largest absolute Gasteiger partial charge is 0.487 e. The number of carbonyl (C=O) groups excluding carboxylic acids is 2. The van der Waals surface area contributed by atoms with Crippen molar-refractivity contribution in [3.8, 4) is 5.75 Å². The highest BCUT2D eigenvalue weighted by Gasteiger charge is 2.43. The minimum Gasteiger partial charge on any atom is -0.487 e. The molecule has 4 rings (SSSR count). The standard InChI is InChI=1S/C19H23N5O4/c1-22-16(4-6-21-22)19(26)24-13-15(28-14-3-2-5-20-12-14)11-17(24)18(25)23-7-9-27-10-8-23/h2-6,12,15,17H,7-11,13H2,1H3/t15-,17-/m0/s1. The zero-order valence-corrected chi connectivity index (χ0v) is 15.7. The van der Waals surface area contributed by atoms with Gasteiger partial charge < -0.3 is 19.3 Å². The number of ether oxygens (including phenoxy) is 2. The highest BCUT2D eigenvalue weighted by atomic mass is 16.5. The van der Waals surface area contributed by atoms with Crippen LogP contribution < -0.4 is 4.74 Å². The highest BCUT2D eigenvalue weighted by Crippen LogP contribution is 2.26. The molecule has 2 aromatic heterocycles. The Labute approximate surface area is 162 Å². The van der Waals surface area contributed by atoms with E-state index in [0.29, 0.717) is 50.7 Å². The smallest absolute Gasteiger partial charge is 0.272 e. The number of morpholine rings is 1. The summed E-state index contributed by atoms with van der Waals surface area (Å²) in [5.74, 6) is 0.347. The van der Waals surface area contributed by atoms with E-state index in [-0.39, 0.29) is 17.9 Å². The lowest BCUT2D eigenvalue weighted by atomic mass is 10.1. The Bertz CT molecular complexity index is 834. The number of hydrogen-bond donors (Lipinski definition) is 0. The summed E-state index contributed by atoms with van der Waals surface area (Å²) in [6.07, 6.45) is 5.03. The first-order chi connectivity index (χ1) is 13.6. The van der Waals surface area contributed by atoms with Gasteiger partial charge in [0.05, 0.1) is 26.0 Å². The summed E-state index contributed by atoms with van der Waals surface area (Å²) in [4.78, 5) is 33.7. The number of rotatable bonds is 4. The number of carbonyl (C=O) groups is 2. The molecule has 2 amide bonds. The van der Waals surface area contributed by atoms with Gasteiger partial charge in [-0.1, -0.05) is 0 Å². The lowest BCUT2D eigenvalue weighted by Gasteiger charge is -2.32. The molecule has 0 unspecified atom stereocenters. The van der Waals surface area contributed by atoms with Gasteiger partial charge in [0.15, 0.2) is 0 Å². The number of aromatic nitrogens is 3. The van der Waals surface area contributed by atoms with Gasteiger partial charge in [0.1, 0.15) is 23.6 Å². The zero-order valence-electron chi connectivity index (χ0n) is 15.7. The van der Waals surface area contributed by atoms with E-state index in [2.05, 4.69) is 10.1 Å². The van der Waals surface area contributed by atoms with Crippen molar-refractivity contribution in [1.29, 1.82) is 0 Å². The highest BCUT2D eigenvalue weighted by molar-refractivity contribution is 5.96. The number of hydrogen-bond acceptors (Lipinski definition) is 6. The van der Waals surface area contributed by atoms with Crippen molar-refractivity contribution < 1.29 is 19.1 Å². The fraction of sp³-hybridized carbons (Fsp3) is 0.474. The average molecular weight is 385 g/mol. The summed E-state index contributed by atoms with van der Waals surface area (Å²) in [6.45, 7) is 2.45. The predicted molar refractivity (Wildman–Crippen MR) is 98.7 cm³/mol. The third-order valence-electron chi connectivity index (χ3n) is 5.11. The molecule has 0 N–H and O–H groups in total. The van der Waals surface area contributed by atoms with Crippen LogP contribution in [0.1, 0.15) is 16.9 Å². The summed E-state index contributed by atoms with van der Waals surface area (Å²) in [5.41, 5.74) is 0.446. The molecule has 2 saturated heterocycles. The lowest BCUT2D eigenvalue weighted by Crippen LogP contribution is -2.51. The first-order valence-electron chi connectivity index (χ1n) is 9.35. The van der Waals surface area contributed by atoms with Crippen LogP contribution in [0.15, 0.2) is 36.8 Å². The molecule has 9 heteroatoms. The van der Waals surface area contributed by atoms with E-state index >= 15 is 0 Å². The van der Waals surface area contributed by atoms with Gasteiger partial charge in [0.2, 0.25) is 5.91 Å². The van der Waals surface area contributed by atoms with E-state index in [1.165, 1.54) is 4.68 Å². The Balaban J connectivity index is 1.55. The third-order valence-corrected chi connectivity index (χ3v) is 5.11. The molecule has 148 valence electrons. The molecule has 0 aromatic carbocycles. The predicted octanol–water partition coefficient (Wildman–Crippen LogP) is 0.336. The maximum Gasteiger partial charge on any atom is 0.272 e. The van der Waals surface area contributed by atoms with Gasteiger partial charge in [0, 0.05) is 39.0 Å². The van der Waals surface area contributed by atoms with Crippen LogP contribution in [-0.4, -0.2) is 81.4 Å². The van der Waals surface area contributed by atoms with Crippen molar-refractivity contribution >= 4 is 11.8 Å². The van der Waals surface area contributed by atoms with E-state index < -0.39 is 6.04 Å². The Hall–Kier alpha value is -2.94. The number of likely N-dealkylation sites (tertiary alicyclic amines) is 1.